The second-order valence-corrected chi connectivity index (χ2v) is 3.96. The average molecular weight is 276 g/mol. The number of methoxy groups -OCH3 is 2. The van der Waals surface area contributed by atoms with Crippen molar-refractivity contribution in [1.82, 2.24) is 4.98 Å². The Balaban J connectivity index is 2.66. The number of hydrogen-bond acceptors (Lipinski definition) is 4. The van der Waals surface area contributed by atoms with Crippen molar-refractivity contribution in [3.63, 3.8) is 0 Å². The number of ether oxygens (including phenoxy) is 2. The standard InChI is InChI=1S/C14H13FN2O3/c1-19-11-6-5-10(14(16)18)17-13(11)9-4-3-8(15)7-12(9)20-2/h3-7H,1-2H3,(H2,16,18). The fourth-order valence-electron chi connectivity index (χ4n) is 1.80. The van der Waals surface area contributed by atoms with Crippen molar-refractivity contribution >= 4 is 5.91 Å². The van der Waals surface area contributed by atoms with Gasteiger partial charge in [0.2, 0.25) is 0 Å². The number of primary amides is 1. The van der Waals surface area contributed by atoms with E-state index in [4.69, 9.17) is 15.2 Å². The molecule has 1 aromatic heterocycles. The molecule has 0 aliphatic rings. The van der Waals surface area contributed by atoms with Crippen molar-refractivity contribution < 1.29 is 18.7 Å². The molecule has 0 unspecified atom stereocenters. The van der Waals surface area contributed by atoms with E-state index in [1.165, 1.54) is 38.5 Å². The van der Waals surface area contributed by atoms with Gasteiger partial charge >= 0.3 is 0 Å². The maximum Gasteiger partial charge on any atom is 0.267 e. The van der Waals surface area contributed by atoms with Crippen LogP contribution in [0.15, 0.2) is 30.3 Å². The Hall–Kier alpha value is -2.63. The molecule has 0 bridgehead atoms. The lowest BCUT2D eigenvalue weighted by Gasteiger charge is -2.12. The van der Waals surface area contributed by atoms with E-state index >= 15 is 0 Å². The van der Waals surface area contributed by atoms with Crippen LogP contribution in [0.1, 0.15) is 10.5 Å². The highest BCUT2D eigenvalue weighted by Crippen LogP contribution is 2.35. The first-order valence-corrected chi connectivity index (χ1v) is 5.75. The fourth-order valence-corrected chi connectivity index (χ4v) is 1.80. The van der Waals surface area contributed by atoms with Gasteiger partial charge in [-0.15, -0.1) is 0 Å². The normalized spacial score (nSPS) is 10.2. The number of rotatable bonds is 4. The van der Waals surface area contributed by atoms with E-state index in [9.17, 15) is 9.18 Å². The molecule has 0 spiro atoms. The van der Waals surface area contributed by atoms with Crippen LogP contribution in [0, 0.1) is 5.82 Å². The van der Waals surface area contributed by atoms with Gasteiger partial charge in [0.15, 0.2) is 0 Å². The van der Waals surface area contributed by atoms with Crippen LogP contribution in [-0.2, 0) is 0 Å². The van der Waals surface area contributed by atoms with Crippen molar-refractivity contribution in [2.45, 2.75) is 0 Å². The van der Waals surface area contributed by atoms with Crippen molar-refractivity contribution in [2.75, 3.05) is 14.2 Å². The summed E-state index contributed by atoms with van der Waals surface area (Å²) in [4.78, 5) is 15.4. The predicted molar refractivity (Wildman–Crippen MR) is 71.3 cm³/mol. The number of nitrogens with two attached hydrogens (primary N) is 1. The number of carbonyl (C=O) groups is 1. The first-order valence-electron chi connectivity index (χ1n) is 5.75. The van der Waals surface area contributed by atoms with E-state index in [1.807, 2.05) is 0 Å². The summed E-state index contributed by atoms with van der Waals surface area (Å²) >= 11 is 0. The van der Waals surface area contributed by atoms with Gasteiger partial charge in [0, 0.05) is 11.6 Å². The summed E-state index contributed by atoms with van der Waals surface area (Å²) in [6.45, 7) is 0. The zero-order chi connectivity index (χ0) is 14.7. The molecule has 0 aliphatic carbocycles. The molecule has 1 aromatic carbocycles. The number of benzene rings is 1. The van der Waals surface area contributed by atoms with Crippen LogP contribution in [0.4, 0.5) is 4.39 Å². The van der Waals surface area contributed by atoms with E-state index in [2.05, 4.69) is 4.98 Å². The van der Waals surface area contributed by atoms with E-state index in [1.54, 1.807) is 6.07 Å². The van der Waals surface area contributed by atoms with Gasteiger partial charge in [-0.3, -0.25) is 4.79 Å². The third-order valence-electron chi connectivity index (χ3n) is 2.75. The molecule has 20 heavy (non-hydrogen) atoms. The summed E-state index contributed by atoms with van der Waals surface area (Å²) in [7, 11) is 2.89. The maximum atomic E-state index is 13.2. The van der Waals surface area contributed by atoms with Gasteiger partial charge in [-0.05, 0) is 24.3 Å². The number of aromatic nitrogens is 1. The second kappa shape index (κ2) is 5.56. The van der Waals surface area contributed by atoms with E-state index in [-0.39, 0.29) is 11.4 Å². The largest absolute Gasteiger partial charge is 0.496 e. The van der Waals surface area contributed by atoms with Crippen LogP contribution >= 0.6 is 0 Å². The smallest absolute Gasteiger partial charge is 0.267 e. The van der Waals surface area contributed by atoms with Gasteiger partial charge in [-0.1, -0.05) is 0 Å². The molecule has 6 heteroatoms. The summed E-state index contributed by atoms with van der Waals surface area (Å²) in [5.41, 5.74) is 6.17. The maximum absolute atomic E-state index is 13.2. The molecule has 1 heterocycles. The first kappa shape index (κ1) is 13.8. The van der Waals surface area contributed by atoms with Crippen molar-refractivity contribution in [3.05, 3.63) is 41.8 Å². The van der Waals surface area contributed by atoms with Gasteiger partial charge in [-0.2, -0.15) is 0 Å². The Labute approximate surface area is 115 Å². The van der Waals surface area contributed by atoms with Gasteiger partial charge < -0.3 is 15.2 Å². The highest BCUT2D eigenvalue weighted by molar-refractivity contribution is 5.92. The van der Waals surface area contributed by atoms with Crippen LogP contribution in [-0.4, -0.2) is 25.1 Å². The number of halogens is 1. The molecule has 0 radical (unpaired) electrons. The van der Waals surface area contributed by atoms with Gasteiger partial charge in [0.05, 0.1) is 14.2 Å². The summed E-state index contributed by atoms with van der Waals surface area (Å²) in [5.74, 6) is -0.372. The predicted octanol–water partition coefficient (Wildman–Crippen LogP) is 2.00. The quantitative estimate of drug-likeness (QED) is 0.926. The Bertz CT molecular complexity index is 659. The third kappa shape index (κ3) is 2.54. The van der Waals surface area contributed by atoms with Crippen LogP contribution in [0.3, 0.4) is 0 Å². The average Bonchev–Trinajstić information content (AvgIpc) is 2.46. The molecule has 0 aliphatic heterocycles. The SMILES string of the molecule is COc1cc(F)ccc1-c1nc(C(N)=O)ccc1OC. The Morgan fingerprint density at radius 3 is 2.45 bits per heavy atom. The lowest BCUT2D eigenvalue weighted by Crippen LogP contribution is -2.13. The van der Waals surface area contributed by atoms with Crippen molar-refractivity contribution in [1.29, 1.82) is 0 Å². The summed E-state index contributed by atoms with van der Waals surface area (Å²) < 4.78 is 23.6. The molecule has 0 saturated carbocycles. The second-order valence-electron chi connectivity index (χ2n) is 3.96. The number of nitrogens with zero attached hydrogens (tertiary/aromatic N) is 1. The molecule has 104 valence electrons. The minimum Gasteiger partial charge on any atom is -0.496 e. The lowest BCUT2D eigenvalue weighted by atomic mass is 10.1. The highest BCUT2D eigenvalue weighted by atomic mass is 19.1. The summed E-state index contributed by atoms with van der Waals surface area (Å²) in [6.07, 6.45) is 0. The Morgan fingerprint density at radius 1 is 1.15 bits per heavy atom. The van der Waals surface area contributed by atoms with Crippen LogP contribution in [0.25, 0.3) is 11.3 Å². The number of pyridine rings is 1. The van der Waals surface area contributed by atoms with Gasteiger partial charge in [0.1, 0.15) is 28.7 Å². The minimum atomic E-state index is -0.657. The van der Waals surface area contributed by atoms with Crippen LogP contribution in [0.2, 0.25) is 0 Å². The zero-order valence-electron chi connectivity index (χ0n) is 11.0. The number of hydrogen-bond donors (Lipinski definition) is 1. The molecule has 0 fully saturated rings. The van der Waals surface area contributed by atoms with Gasteiger partial charge in [0.25, 0.3) is 5.91 Å². The van der Waals surface area contributed by atoms with Crippen LogP contribution < -0.4 is 15.2 Å². The molecular formula is C14H13FN2O3. The highest BCUT2D eigenvalue weighted by Gasteiger charge is 2.16. The topological polar surface area (TPSA) is 74.4 Å². The van der Waals surface area contributed by atoms with E-state index in [0.717, 1.165) is 0 Å². The Kier molecular flexibility index (Phi) is 3.84. The summed E-state index contributed by atoms with van der Waals surface area (Å²) in [5, 5.41) is 0. The molecule has 2 rings (SSSR count). The molecule has 5 nitrogen and oxygen atoms in total. The molecule has 0 saturated heterocycles. The molecular weight excluding hydrogens is 263 g/mol. The fraction of sp³-hybridized carbons (Fsp3) is 0.143. The number of carbonyl (C=O) groups excluding carboxylic acids is 1. The molecule has 2 aromatic rings. The lowest BCUT2D eigenvalue weighted by molar-refractivity contribution is 0.0995. The third-order valence-corrected chi connectivity index (χ3v) is 2.75. The molecule has 2 N–H and O–H groups in total. The minimum absolute atomic E-state index is 0.0900. The number of amides is 1. The molecule has 1 amide bonds. The van der Waals surface area contributed by atoms with Gasteiger partial charge in [-0.25, -0.2) is 9.37 Å². The summed E-state index contributed by atoms with van der Waals surface area (Å²) in [6, 6.07) is 7.04. The first-order chi connectivity index (χ1) is 9.56. The van der Waals surface area contributed by atoms with Crippen molar-refractivity contribution in [3.8, 4) is 22.8 Å². The zero-order valence-corrected chi connectivity index (χ0v) is 11.0. The Morgan fingerprint density at radius 2 is 1.85 bits per heavy atom. The van der Waals surface area contributed by atoms with Crippen LogP contribution in [0.5, 0.6) is 11.5 Å². The van der Waals surface area contributed by atoms with Crippen molar-refractivity contribution in [2.24, 2.45) is 5.73 Å². The monoisotopic (exact) mass is 276 g/mol. The molecule has 0 atom stereocenters. The van der Waals surface area contributed by atoms with E-state index < -0.39 is 11.7 Å². The van der Waals surface area contributed by atoms with E-state index in [0.29, 0.717) is 17.0 Å².